The van der Waals surface area contributed by atoms with Crippen LogP contribution in [0, 0.1) is 0 Å². The molecule has 0 aromatic heterocycles. The van der Waals surface area contributed by atoms with Crippen molar-refractivity contribution >= 4 is 17.7 Å². The number of rotatable bonds is 13. The van der Waals surface area contributed by atoms with Gasteiger partial charge in [0.1, 0.15) is 17.4 Å². The zero-order valence-corrected chi connectivity index (χ0v) is 19.3. The van der Waals surface area contributed by atoms with Crippen molar-refractivity contribution in [3.63, 3.8) is 0 Å². The molecule has 1 saturated heterocycles. The van der Waals surface area contributed by atoms with Crippen LogP contribution >= 0.6 is 0 Å². The lowest BCUT2D eigenvalue weighted by molar-refractivity contribution is -0.128. The van der Waals surface area contributed by atoms with Gasteiger partial charge in [0.15, 0.2) is 0 Å². The summed E-state index contributed by atoms with van der Waals surface area (Å²) < 4.78 is 5.63. The van der Waals surface area contributed by atoms with Crippen LogP contribution in [-0.2, 0) is 32.0 Å². The van der Waals surface area contributed by atoms with Gasteiger partial charge in [0.05, 0.1) is 12.6 Å². The molecule has 9 nitrogen and oxygen atoms in total. The molecule has 1 fully saturated rings. The fraction of sp³-hybridized carbons (Fsp3) is 0.400. The predicted molar refractivity (Wildman–Crippen MR) is 127 cm³/mol. The molecule has 3 amide bonds. The van der Waals surface area contributed by atoms with Crippen LogP contribution in [0.2, 0.25) is 0 Å². The number of primary amides is 1. The van der Waals surface area contributed by atoms with Gasteiger partial charge in [-0.3, -0.25) is 14.4 Å². The molecule has 2 unspecified atom stereocenters. The van der Waals surface area contributed by atoms with E-state index in [1.807, 2.05) is 30.3 Å². The Hall–Kier alpha value is -3.43. The fourth-order valence-corrected chi connectivity index (χ4v) is 3.73. The van der Waals surface area contributed by atoms with Gasteiger partial charge in [-0.05, 0) is 36.1 Å². The molecule has 3 atom stereocenters. The Kier molecular flexibility index (Phi) is 8.61. The molecule has 3 rings (SSSR count). The van der Waals surface area contributed by atoms with Crippen LogP contribution in [0.1, 0.15) is 24.5 Å². The summed E-state index contributed by atoms with van der Waals surface area (Å²) in [6.07, 6.45) is 1.34. The molecule has 0 aliphatic carbocycles. The van der Waals surface area contributed by atoms with Crippen LogP contribution in [0.4, 0.5) is 0 Å². The van der Waals surface area contributed by atoms with E-state index >= 15 is 0 Å². The monoisotopic (exact) mass is 468 g/mol. The molecular formula is C25H32N4O5. The van der Waals surface area contributed by atoms with Crippen molar-refractivity contribution in [2.24, 2.45) is 5.73 Å². The van der Waals surface area contributed by atoms with Gasteiger partial charge in [0, 0.05) is 26.4 Å². The number of epoxide rings is 1. The summed E-state index contributed by atoms with van der Waals surface area (Å²) >= 11 is 0. The summed E-state index contributed by atoms with van der Waals surface area (Å²) in [4.78, 5) is 36.2. The predicted octanol–water partition coefficient (Wildman–Crippen LogP) is 0.401. The number of nitrogens with one attached hydrogen (secondary N) is 3. The molecule has 6 N–H and O–H groups in total. The number of benzene rings is 2. The third kappa shape index (κ3) is 7.86. The first-order valence-electron chi connectivity index (χ1n) is 11.3. The third-order valence-corrected chi connectivity index (χ3v) is 5.80. The molecule has 182 valence electrons. The topological polar surface area (TPSA) is 146 Å². The summed E-state index contributed by atoms with van der Waals surface area (Å²) in [5.74, 6) is -0.901. The Labute approximate surface area is 199 Å². The van der Waals surface area contributed by atoms with Crippen molar-refractivity contribution in [3.8, 4) is 5.75 Å². The number of ether oxygens (including phenoxy) is 1. The van der Waals surface area contributed by atoms with Crippen LogP contribution in [-0.4, -0.2) is 60.2 Å². The van der Waals surface area contributed by atoms with E-state index < -0.39 is 23.6 Å². The van der Waals surface area contributed by atoms with Crippen molar-refractivity contribution in [2.75, 3.05) is 19.7 Å². The summed E-state index contributed by atoms with van der Waals surface area (Å²) in [5.41, 5.74) is 6.93. The second-order valence-electron chi connectivity index (χ2n) is 8.66. The minimum absolute atomic E-state index is 0.134. The Morgan fingerprint density at radius 3 is 2.24 bits per heavy atom. The minimum atomic E-state index is -0.735. The van der Waals surface area contributed by atoms with Crippen molar-refractivity contribution in [2.45, 2.75) is 43.9 Å². The summed E-state index contributed by atoms with van der Waals surface area (Å²) in [5, 5.41) is 18.2. The number of amides is 3. The van der Waals surface area contributed by atoms with E-state index in [1.165, 1.54) is 19.1 Å². The number of carbonyl (C=O) groups is 3. The molecule has 2 aromatic carbocycles. The Balaban J connectivity index is 1.48. The van der Waals surface area contributed by atoms with E-state index in [2.05, 4.69) is 16.0 Å². The van der Waals surface area contributed by atoms with E-state index in [9.17, 15) is 19.5 Å². The third-order valence-electron chi connectivity index (χ3n) is 5.80. The van der Waals surface area contributed by atoms with Crippen molar-refractivity contribution in [3.05, 3.63) is 65.7 Å². The SMILES string of the molecule is CC(=O)NC(Cc1ccc(O)cc1)C(=O)NCC[C@]1(CNC(Cc2ccccc2)C(N)=O)CO1. The zero-order chi connectivity index (χ0) is 24.6. The second-order valence-corrected chi connectivity index (χ2v) is 8.66. The number of hydrogen-bond acceptors (Lipinski definition) is 6. The molecular weight excluding hydrogens is 436 g/mol. The van der Waals surface area contributed by atoms with Gasteiger partial charge in [0.25, 0.3) is 0 Å². The van der Waals surface area contributed by atoms with Gasteiger partial charge >= 0.3 is 0 Å². The molecule has 1 aliphatic heterocycles. The maximum Gasteiger partial charge on any atom is 0.242 e. The first kappa shape index (κ1) is 25.2. The molecule has 2 aromatic rings. The van der Waals surface area contributed by atoms with Crippen LogP contribution < -0.4 is 21.7 Å². The highest BCUT2D eigenvalue weighted by Crippen LogP contribution is 2.29. The fourth-order valence-electron chi connectivity index (χ4n) is 3.73. The Morgan fingerprint density at radius 2 is 1.65 bits per heavy atom. The van der Waals surface area contributed by atoms with Gasteiger partial charge in [-0.25, -0.2) is 0 Å². The molecule has 0 spiro atoms. The molecule has 34 heavy (non-hydrogen) atoms. The lowest BCUT2D eigenvalue weighted by Crippen LogP contribution is -2.49. The lowest BCUT2D eigenvalue weighted by atomic mass is 10.0. The van der Waals surface area contributed by atoms with Gasteiger partial charge in [0.2, 0.25) is 17.7 Å². The smallest absolute Gasteiger partial charge is 0.242 e. The van der Waals surface area contributed by atoms with Gasteiger partial charge in [-0.2, -0.15) is 0 Å². The van der Waals surface area contributed by atoms with Crippen molar-refractivity contribution in [1.82, 2.24) is 16.0 Å². The van der Waals surface area contributed by atoms with E-state index in [0.717, 1.165) is 11.1 Å². The standard InChI is InChI=1S/C25H32N4O5/c1-17(30)29-22(14-19-7-9-20(31)10-8-19)24(33)27-12-11-25(16-34-25)15-28-21(23(26)32)13-18-5-3-2-4-6-18/h2-10,21-22,28,31H,11-16H2,1H3,(H2,26,32)(H,27,33)(H,29,30)/t21?,22?,25-/m0/s1. The number of phenols is 1. The molecule has 0 radical (unpaired) electrons. The average Bonchev–Trinajstić information content (AvgIpc) is 3.57. The molecule has 0 bridgehead atoms. The lowest BCUT2D eigenvalue weighted by Gasteiger charge is -2.21. The van der Waals surface area contributed by atoms with Gasteiger partial charge < -0.3 is 31.5 Å². The van der Waals surface area contributed by atoms with Gasteiger partial charge in [-0.1, -0.05) is 42.5 Å². The van der Waals surface area contributed by atoms with Crippen molar-refractivity contribution in [1.29, 1.82) is 0 Å². The van der Waals surface area contributed by atoms with E-state index in [-0.39, 0.29) is 17.6 Å². The van der Waals surface area contributed by atoms with E-state index in [0.29, 0.717) is 39.0 Å². The Bertz CT molecular complexity index is 977. The number of aromatic hydroxyl groups is 1. The summed E-state index contributed by atoms with van der Waals surface area (Å²) in [6.45, 7) is 2.67. The highest BCUT2D eigenvalue weighted by Gasteiger charge is 2.44. The van der Waals surface area contributed by atoms with Crippen LogP contribution in [0.3, 0.4) is 0 Å². The summed E-state index contributed by atoms with van der Waals surface area (Å²) in [6, 6.07) is 14.9. The number of hydrogen-bond donors (Lipinski definition) is 5. The molecule has 9 heteroatoms. The second kappa shape index (κ2) is 11.6. The highest BCUT2D eigenvalue weighted by atomic mass is 16.6. The number of phenolic OH excluding ortho intramolecular Hbond substituents is 1. The van der Waals surface area contributed by atoms with E-state index in [1.54, 1.807) is 12.1 Å². The molecule has 1 aliphatic rings. The zero-order valence-electron chi connectivity index (χ0n) is 19.3. The normalized spacial score (nSPS) is 18.5. The first-order valence-corrected chi connectivity index (χ1v) is 11.3. The van der Waals surface area contributed by atoms with E-state index in [4.69, 9.17) is 10.5 Å². The van der Waals surface area contributed by atoms with Crippen LogP contribution in [0.25, 0.3) is 0 Å². The maximum atomic E-state index is 12.7. The largest absolute Gasteiger partial charge is 0.508 e. The first-order chi connectivity index (χ1) is 16.3. The van der Waals surface area contributed by atoms with Gasteiger partial charge in [-0.15, -0.1) is 0 Å². The Morgan fingerprint density at radius 1 is 1.03 bits per heavy atom. The average molecular weight is 469 g/mol. The number of nitrogens with two attached hydrogens (primary N) is 1. The molecule has 0 saturated carbocycles. The maximum absolute atomic E-state index is 12.7. The highest BCUT2D eigenvalue weighted by molar-refractivity contribution is 5.87. The van der Waals surface area contributed by atoms with Crippen molar-refractivity contribution < 1.29 is 24.2 Å². The van der Waals surface area contributed by atoms with Crippen LogP contribution in [0.15, 0.2) is 54.6 Å². The summed E-state index contributed by atoms with van der Waals surface area (Å²) in [7, 11) is 0. The quantitative estimate of drug-likeness (QED) is 0.269. The van der Waals surface area contributed by atoms with Crippen LogP contribution in [0.5, 0.6) is 5.75 Å². The molecule has 1 heterocycles. The minimum Gasteiger partial charge on any atom is -0.508 e. The number of carbonyl (C=O) groups excluding carboxylic acids is 3.